The van der Waals surface area contributed by atoms with Crippen molar-refractivity contribution in [2.45, 2.75) is 141 Å². The Kier molecular flexibility index (Phi) is 27.1. The van der Waals surface area contributed by atoms with Crippen molar-refractivity contribution in [3.05, 3.63) is 33.4 Å². The summed E-state index contributed by atoms with van der Waals surface area (Å²) in [5.41, 5.74) is 4.85. The van der Waals surface area contributed by atoms with Crippen LogP contribution in [0.3, 0.4) is 0 Å². The van der Waals surface area contributed by atoms with Crippen molar-refractivity contribution < 1.29 is 209 Å². The molecule has 3 fully saturated rings. The van der Waals surface area contributed by atoms with Crippen LogP contribution in [0.5, 0.6) is 0 Å². The Bertz CT molecular complexity index is 1320. The van der Waals surface area contributed by atoms with E-state index in [2.05, 4.69) is 0 Å². The number of esters is 1. The second-order valence-electron chi connectivity index (χ2n) is 13.9. The van der Waals surface area contributed by atoms with Crippen molar-refractivity contribution >= 4 is 15.0 Å². The molecule has 0 aromatic heterocycles. The second-order valence-corrected chi connectivity index (χ2v) is 16.0. The zero-order chi connectivity index (χ0) is 38.1. The van der Waals surface area contributed by atoms with Gasteiger partial charge in [-0.3, -0.25) is 0 Å². The molecule has 7 N–H and O–H groups in total. The van der Waals surface area contributed by atoms with Crippen LogP contribution < -0.4 is 0 Å². The SMILES string of the molecule is COC1OC(COC2OC(COC(=O)c3c(C)c(C)c(C)c(C)c3C)C(O)C(O)C2O)C(OC2OC(CO[Si](C)C)C(C)C(O)C2O)C(O)C1O.[Y].[Y].[Y].[Y]. The summed E-state index contributed by atoms with van der Waals surface area (Å²) >= 11 is 0. The molecule has 3 saturated heterocycles. The van der Waals surface area contributed by atoms with Gasteiger partial charge in [-0.2, -0.15) is 0 Å². The molecule has 1 aromatic carbocycles. The molecule has 3 aliphatic heterocycles. The number of hydrogen-bond donors (Lipinski definition) is 7. The Hall–Kier alpha value is 2.76. The molecule has 21 heteroatoms. The molecular weight excluding hydrogens is 1050 g/mol. The van der Waals surface area contributed by atoms with Crippen molar-refractivity contribution in [2.24, 2.45) is 5.92 Å². The van der Waals surface area contributed by atoms with Crippen LogP contribution in [-0.2, 0) is 168 Å². The summed E-state index contributed by atoms with van der Waals surface area (Å²) in [6.07, 6.45) is -20.4. The van der Waals surface area contributed by atoms with Gasteiger partial charge in [-0.05, 0) is 75.5 Å². The first-order valence-electron chi connectivity index (χ1n) is 17.1. The van der Waals surface area contributed by atoms with Crippen LogP contribution in [0.4, 0.5) is 0 Å². The topological polar surface area (TPSA) is 233 Å². The van der Waals surface area contributed by atoms with Crippen LogP contribution in [0.2, 0.25) is 13.1 Å². The van der Waals surface area contributed by atoms with E-state index >= 15 is 0 Å². The number of methoxy groups -OCH3 is 1. The van der Waals surface area contributed by atoms with Gasteiger partial charge >= 0.3 is 5.97 Å². The monoisotopic (exact) mass is 1100 g/mol. The van der Waals surface area contributed by atoms with Gasteiger partial charge in [-0.25, -0.2) is 4.79 Å². The molecule has 0 bridgehead atoms. The Morgan fingerprint density at radius 2 is 1.09 bits per heavy atom. The molecule has 0 aliphatic carbocycles. The third-order valence-corrected chi connectivity index (χ3v) is 11.2. The minimum atomic E-state index is -1.76. The Balaban J connectivity index is 0.00000729. The quantitative estimate of drug-likeness (QED) is 0.0987. The van der Waals surface area contributed by atoms with Crippen molar-refractivity contribution in [2.75, 3.05) is 26.9 Å². The van der Waals surface area contributed by atoms with E-state index < -0.39 is 120 Å². The number of carbonyl (C=O) groups excluding carboxylic acids is 1. The Morgan fingerprint density at radius 1 is 0.600 bits per heavy atom. The molecule has 15 unspecified atom stereocenters. The number of carbonyl (C=O) groups is 1. The number of ether oxygens (including phenoxy) is 7. The van der Waals surface area contributed by atoms with Gasteiger partial charge in [0, 0.05) is 144 Å². The van der Waals surface area contributed by atoms with Crippen LogP contribution in [0.25, 0.3) is 0 Å². The summed E-state index contributed by atoms with van der Waals surface area (Å²) in [5.74, 6) is -1.17. The third kappa shape index (κ3) is 13.6. The number of rotatable bonds is 12. The Morgan fingerprint density at radius 3 is 1.64 bits per heavy atom. The first kappa shape index (κ1) is 57.8. The Labute approximate surface area is 425 Å². The third-order valence-electron chi connectivity index (χ3n) is 10.4. The molecule has 3 aliphatic rings. The van der Waals surface area contributed by atoms with Gasteiger partial charge in [0.15, 0.2) is 18.9 Å². The maximum Gasteiger partial charge on any atom is 0.338 e. The second kappa shape index (κ2) is 25.8. The molecule has 55 heavy (non-hydrogen) atoms. The van der Waals surface area contributed by atoms with Crippen molar-refractivity contribution in [3.8, 4) is 0 Å². The van der Waals surface area contributed by atoms with Gasteiger partial charge in [0.2, 0.25) is 9.04 Å². The average molecular weight is 1100 g/mol. The van der Waals surface area contributed by atoms with E-state index in [1.807, 2.05) is 47.7 Å². The van der Waals surface area contributed by atoms with Gasteiger partial charge in [0.05, 0.1) is 31.0 Å². The van der Waals surface area contributed by atoms with Gasteiger partial charge in [0.25, 0.3) is 0 Å². The normalized spacial score (nSPS) is 36.1. The summed E-state index contributed by atoms with van der Waals surface area (Å²) in [6.45, 7) is 14.1. The molecule has 4 rings (SSSR count). The fourth-order valence-electron chi connectivity index (χ4n) is 6.60. The first-order chi connectivity index (χ1) is 23.9. The summed E-state index contributed by atoms with van der Waals surface area (Å²) in [4.78, 5) is 13.2. The van der Waals surface area contributed by atoms with Crippen LogP contribution >= 0.6 is 0 Å². The van der Waals surface area contributed by atoms with E-state index in [0.29, 0.717) is 5.56 Å². The minimum absolute atomic E-state index is 0. The van der Waals surface area contributed by atoms with Crippen molar-refractivity contribution in [1.29, 1.82) is 0 Å². The van der Waals surface area contributed by atoms with Gasteiger partial charge in [0.1, 0.15) is 61.5 Å². The van der Waals surface area contributed by atoms with E-state index in [9.17, 15) is 40.5 Å². The zero-order valence-corrected chi connectivity index (χ0v) is 45.2. The summed E-state index contributed by atoms with van der Waals surface area (Å²) in [6, 6.07) is 0. The predicted octanol–water partition coefficient (Wildman–Crippen LogP) is -0.971. The standard InChI is InChI=1S/C34H55O16Si.4Y/c1-13-14(2)16(4)22(17(5)15(13)3)31(42)44-10-20-24(36)25(37)28(40)33(48-20)45-11-21-30(26(38)29(41)32(43-7)49-21)50-34-27(39)23(35)18(6)19(47-34)12-46-51(8)9;;;;/h18-21,23-30,32-41H,10-12H2,1-9H3;;;;. The summed E-state index contributed by atoms with van der Waals surface area (Å²) in [5, 5.41) is 75.5. The molecule has 0 amide bonds. The van der Waals surface area contributed by atoms with Gasteiger partial charge < -0.3 is 73.3 Å². The number of hydrogen-bond acceptors (Lipinski definition) is 16. The number of aliphatic hydroxyl groups is 7. The van der Waals surface area contributed by atoms with Crippen LogP contribution in [-0.4, -0.2) is 164 Å². The zero-order valence-electron chi connectivity index (χ0n) is 32.9. The molecule has 0 saturated carbocycles. The van der Waals surface area contributed by atoms with E-state index in [-0.39, 0.29) is 137 Å². The van der Waals surface area contributed by atoms with E-state index in [4.69, 9.17) is 37.6 Å². The molecule has 0 spiro atoms. The van der Waals surface area contributed by atoms with Crippen LogP contribution in [0.15, 0.2) is 0 Å². The van der Waals surface area contributed by atoms with Crippen LogP contribution in [0, 0.1) is 40.5 Å². The van der Waals surface area contributed by atoms with Crippen molar-refractivity contribution in [1.82, 2.24) is 0 Å². The fraction of sp³-hybridized carbons (Fsp3) is 0.794. The molecule has 15 atom stereocenters. The predicted molar refractivity (Wildman–Crippen MR) is 179 cm³/mol. The molecule has 303 valence electrons. The molecule has 3 heterocycles. The van der Waals surface area contributed by atoms with E-state index in [0.717, 1.165) is 27.8 Å². The molecule has 16 nitrogen and oxygen atoms in total. The minimum Gasteiger partial charge on any atom is -0.459 e. The summed E-state index contributed by atoms with van der Waals surface area (Å²) in [7, 11) is 0.137. The summed E-state index contributed by atoms with van der Waals surface area (Å²) < 4.78 is 45.8. The first-order valence-corrected chi connectivity index (χ1v) is 19.5. The average Bonchev–Trinajstić information content (AvgIpc) is 3.10. The molecule has 1 aromatic rings. The molecular formula is C34H55O16SiY4. The van der Waals surface area contributed by atoms with Crippen molar-refractivity contribution in [3.63, 3.8) is 0 Å². The number of aliphatic hydroxyl groups excluding tert-OH is 7. The number of benzene rings is 1. The van der Waals surface area contributed by atoms with Crippen LogP contribution in [0.1, 0.15) is 45.1 Å². The maximum atomic E-state index is 13.2. The smallest absolute Gasteiger partial charge is 0.338 e. The van der Waals surface area contributed by atoms with Gasteiger partial charge in [-0.15, -0.1) is 0 Å². The largest absolute Gasteiger partial charge is 0.459 e. The maximum absolute atomic E-state index is 13.2. The van der Waals surface area contributed by atoms with E-state index in [1.54, 1.807) is 6.92 Å². The van der Waals surface area contributed by atoms with E-state index in [1.165, 1.54) is 7.11 Å². The van der Waals surface area contributed by atoms with Gasteiger partial charge in [-0.1, -0.05) is 6.92 Å². The molecule has 5 radical (unpaired) electrons. The fourth-order valence-corrected chi connectivity index (χ4v) is 7.09.